The maximum absolute atomic E-state index is 12.3. The third-order valence-corrected chi connectivity index (χ3v) is 4.03. The molecule has 2 aromatic heterocycles. The number of benzene rings is 1. The Hall–Kier alpha value is -2.11. The molecule has 1 amide bonds. The van der Waals surface area contributed by atoms with Crippen molar-refractivity contribution in [1.29, 1.82) is 0 Å². The number of nitrogens with one attached hydrogen (secondary N) is 1. The lowest BCUT2D eigenvalue weighted by molar-refractivity contribution is 0.102. The van der Waals surface area contributed by atoms with Gasteiger partial charge in [0.05, 0.1) is 10.6 Å². The highest BCUT2D eigenvalue weighted by atomic mass is 35.5. The van der Waals surface area contributed by atoms with Crippen LogP contribution in [-0.4, -0.2) is 15.9 Å². The Morgan fingerprint density at radius 1 is 1.21 bits per heavy atom. The number of halogens is 2. The quantitative estimate of drug-likeness (QED) is 0.644. The minimum atomic E-state index is -0.333. The van der Waals surface area contributed by atoms with Crippen LogP contribution < -0.4 is 5.32 Å². The van der Waals surface area contributed by atoms with Gasteiger partial charge in [-0.2, -0.15) is 0 Å². The molecule has 3 aromatic rings. The van der Waals surface area contributed by atoms with E-state index >= 15 is 0 Å². The zero-order chi connectivity index (χ0) is 17.5. The number of nitrogens with zero attached hydrogens (tertiary/aromatic N) is 2. The van der Waals surface area contributed by atoms with E-state index in [9.17, 15) is 4.79 Å². The maximum Gasteiger partial charge on any atom is 0.257 e. The highest BCUT2D eigenvalue weighted by Crippen LogP contribution is 2.27. The van der Waals surface area contributed by atoms with Gasteiger partial charge in [-0.3, -0.25) is 4.79 Å². The van der Waals surface area contributed by atoms with Crippen molar-refractivity contribution in [1.82, 2.24) is 9.97 Å². The molecule has 0 unspecified atom stereocenters. The van der Waals surface area contributed by atoms with Gasteiger partial charge in [-0.1, -0.05) is 44.0 Å². The molecule has 0 aliphatic heterocycles. The second-order valence-corrected chi connectivity index (χ2v) is 7.17. The minimum absolute atomic E-state index is 0.159. The molecular weight excluding hydrogens is 349 g/mol. The second-order valence-electron chi connectivity index (χ2n) is 6.40. The van der Waals surface area contributed by atoms with Crippen molar-refractivity contribution in [2.24, 2.45) is 0 Å². The Kier molecular flexibility index (Phi) is 4.24. The number of oxazole rings is 1. The molecule has 7 heteroatoms. The first-order valence-electron chi connectivity index (χ1n) is 7.27. The van der Waals surface area contributed by atoms with Gasteiger partial charge in [0, 0.05) is 17.3 Å². The fourth-order valence-electron chi connectivity index (χ4n) is 2.07. The largest absolute Gasteiger partial charge is 0.440 e. The molecule has 5 nitrogen and oxygen atoms in total. The Bertz CT molecular complexity index is 929. The average Bonchev–Trinajstić information content (AvgIpc) is 2.93. The average molecular weight is 364 g/mol. The molecule has 0 atom stereocenters. The number of carbonyl (C=O) groups is 1. The Balaban J connectivity index is 1.86. The number of hydrogen-bond acceptors (Lipinski definition) is 4. The standard InChI is InChI=1S/C17H15Cl2N3O2/c1-17(2,3)16-22-12-7-10(4-5-13(12)24-16)21-15(23)9-6-11(18)14(19)20-8-9/h4-8H,1-3H3,(H,21,23). The van der Waals surface area contributed by atoms with Crippen LogP contribution in [0.2, 0.25) is 10.2 Å². The minimum Gasteiger partial charge on any atom is -0.440 e. The van der Waals surface area contributed by atoms with E-state index in [1.165, 1.54) is 12.3 Å². The van der Waals surface area contributed by atoms with Gasteiger partial charge < -0.3 is 9.73 Å². The predicted octanol–water partition coefficient (Wildman–Crippen LogP) is 5.08. The van der Waals surface area contributed by atoms with E-state index in [0.717, 1.165) is 0 Å². The van der Waals surface area contributed by atoms with Crippen LogP contribution in [-0.2, 0) is 5.41 Å². The molecule has 0 fully saturated rings. The van der Waals surface area contributed by atoms with Crippen molar-refractivity contribution in [3.05, 3.63) is 52.1 Å². The summed E-state index contributed by atoms with van der Waals surface area (Å²) in [6, 6.07) is 6.76. The zero-order valence-electron chi connectivity index (χ0n) is 13.4. The second kappa shape index (κ2) is 6.07. The molecule has 1 aromatic carbocycles. The van der Waals surface area contributed by atoms with Gasteiger partial charge in [0.15, 0.2) is 5.58 Å². The molecule has 0 radical (unpaired) electrons. The van der Waals surface area contributed by atoms with Gasteiger partial charge in [-0.15, -0.1) is 0 Å². The molecule has 1 N–H and O–H groups in total. The van der Waals surface area contributed by atoms with Crippen molar-refractivity contribution in [2.45, 2.75) is 26.2 Å². The summed E-state index contributed by atoms with van der Waals surface area (Å²) in [7, 11) is 0. The van der Waals surface area contributed by atoms with Crippen LogP contribution in [0.15, 0.2) is 34.9 Å². The predicted molar refractivity (Wildman–Crippen MR) is 94.9 cm³/mol. The Morgan fingerprint density at radius 2 is 1.96 bits per heavy atom. The third kappa shape index (κ3) is 3.37. The number of aromatic nitrogens is 2. The normalized spacial score (nSPS) is 11.7. The van der Waals surface area contributed by atoms with Crippen LogP contribution in [0.25, 0.3) is 11.1 Å². The number of amides is 1. The van der Waals surface area contributed by atoms with Crippen LogP contribution in [0.1, 0.15) is 37.0 Å². The number of carbonyl (C=O) groups excluding carboxylic acids is 1. The van der Waals surface area contributed by atoms with E-state index in [-0.39, 0.29) is 21.5 Å². The summed E-state index contributed by atoms with van der Waals surface area (Å²) in [6.07, 6.45) is 1.37. The monoisotopic (exact) mass is 363 g/mol. The molecule has 124 valence electrons. The van der Waals surface area contributed by atoms with Gasteiger partial charge in [0.25, 0.3) is 5.91 Å². The molecule has 0 saturated carbocycles. The van der Waals surface area contributed by atoms with Crippen molar-refractivity contribution >= 4 is 45.9 Å². The van der Waals surface area contributed by atoms with E-state index < -0.39 is 0 Å². The van der Waals surface area contributed by atoms with Crippen molar-refractivity contribution in [3.8, 4) is 0 Å². The fourth-order valence-corrected chi connectivity index (χ4v) is 2.34. The number of hydrogen-bond donors (Lipinski definition) is 1. The molecule has 0 aliphatic rings. The van der Waals surface area contributed by atoms with Gasteiger partial charge >= 0.3 is 0 Å². The molecule has 0 bridgehead atoms. The summed E-state index contributed by atoms with van der Waals surface area (Å²) in [5.74, 6) is 0.314. The molecular formula is C17H15Cl2N3O2. The third-order valence-electron chi connectivity index (χ3n) is 3.35. The Morgan fingerprint density at radius 3 is 2.62 bits per heavy atom. The fraction of sp³-hybridized carbons (Fsp3) is 0.235. The van der Waals surface area contributed by atoms with E-state index in [1.54, 1.807) is 18.2 Å². The molecule has 3 rings (SSSR count). The maximum atomic E-state index is 12.3. The van der Waals surface area contributed by atoms with Crippen LogP contribution in [0.4, 0.5) is 5.69 Å². The topological polar surface area (TPSA) is 68.0 Å². The summed E-state index contributed by atoms with van der Waals surface area (Å²) in [6.45, 7) is 6.08. The number of fused-ring (bicyclic) bond motifs is 1. The molecule has 0 saturated heterocycles. The number of pyridine rings is 1. The lowest BCUT2D eigenvalue weighted by Crippen LogP contribution is -2.12. The summed E-state index contributed by atoms with van der Waals surface area (Å²) in [5.41, 5.74) is 2.10. The summed E-state index contributed by atoms with van der Waals surface area (Å²) >= 11 is 11.6. The van der Waals surface area contributed by atoms with Crippen LogP contribution in [0.3, 0.4) is 0 Å². The molecule has 2 heterocycles. The summed E-state index contributed by atoms with van der Waals surface area (Å²) in [5, 5.41) is 3.17. The first kappa shape index (κ1) is 16.7. The van der Waals surface area contributed by atoms with Crippen LogP contribution in [0, 0.1) is 0 Å². The van der Waals surface area contributed by atoms with Crippen molar-refractivity contribution in [3.63, 3.8) is 0 Å². The smallest absolute Gasteiger partial charge is 0.257 e. The molecule has 0 aliphatic carbocycles. The lowest BCUT2D eigenvalue weighted by atomic mass is 9.97. The first-order chi connectivity index (χ1) is 11.2. The lowest BCUT2D eigenvalue weighted by Gasteiger charge is -2.11. The van der Waals surface area contributed by atoms with E-state index in [2.05, 4.69) is 15.3 Å². The highest BCUT2D eigenvalue weighted by Gasteiger charge is 2.21. The van der Waals surface area contributed by atoms with Gasteiger partial charge in [-0.25, -0.2) is 9.97 Å². The zero-order valence-corrected chi connectivity index (χ0v) is 14.9. The van der Waals surface area contributed by atoms with E-state index in [1.807, 2.05) is 20.8 Å². The van der Waals surface area contributed by atoms with Gasteiger partial charge in [0.2, 0.25) is 5.89 Å². The Labute approximate surface area is 149 Å². The summed E-state index contributed by atoms with van der Waals surface area (Å²) < 4.78 is 5.74. The first-order valence-corrected chi connectivity index (χ1v) is 8.03. The molecule has 0 spiro atoms. The summed E-state index contributed by atoms with van der Waals surface area (Å²) in [4.78, 5) is 20.6. The van der Waals surface area contributed by atoms with Gasteiger partial charge in [-0.05, 0) is 24.3 Å². The SMILES string of the molecule is CC(C)(C)c1nc2cc(NC(=O)c3cnc(Cl)c(Cl)c3)ccc2o1. The van der Waals surface area contributed by atoms with Crippen LogP contribution >= 0.6 is 23.2 Å². The van der Waals surface area contributed by atoms with E-state index in [0.29, 0.717) is 28.2 Å². The molecule has 24 heavy (non-hydrogen) atoms. The number of rotatable bonds is 2. The van der Waals surface area contributed by atoms with Crippen LogP contribution in [0.5, 0.6) is 0 Å². The van der Waals surface area contributed by atoms with Crippen molar-refractivity contribution in [2.75, 3.05) is 5.32 Å². The highest BCUT2D eigenvalue weighted by molar-refractivity contribution is 6.41. The van der Waals surface area contributed by atoms with E-state index in [4.69, 9.17) is 27.6 Å². The number of anilines is 1. The van der Waals surface area contributed by atoms with Gasteiger partial charge in [0.1, 0.15) is 10.7 Å². The van der Waals surface area contributed by atoms with Crippen molar-refractivity contribution < 1.29 is 9.21 Å².